The van der Waals surface area contributed by atoms with Crippen LogP contribution in [0, 0.1) is 11.3 Å². The number of nitrogens with zero attached hydrogens (tertiary/aromatic N) is 1. The molecule has 2 aliphatic carbocycles. The SMILES string of the molecule is CC(=O)OC[C@]12[C@H](OC(C)=O)[C@@H](OC(=O)c3ccoc3)[C@H]3OC(=O)[C@](C)(O)CCc4ncccc4C(=O)OC[C@]4(C)O[C@]1([C@H](OC(C)=O)[C@@H]4[C@H](OC(C)=O)[C@@H]2O)[C@@]3(C)O. The number of carbonyl (C=O) groups excluding carboxylic acids is 7. The molecule has 20 nitrogen and oxygen atoms in total. The van der Waals surface area contributed by atoms with Gasteiger partial charge in [-0.15, -0.1) is 0 Å². The normalized spacial score (nSPS) is 37.6. The molecule has 0 aromatic carbocycles. The Kier molecular flexibility index (Phi) is 11.2. The first-order valence-electron chi connectivity index (χ1n) is 18.6. The van der Waals surface area contributed by atoms with Crippen LogP contribution in [0.2, 0.25) is 0 Å². The number of aliphatic hydroxyl groups excluding tert-OH is 1. The van der Waals surface area contributed by atoms with Gasteiger partial charge in [-0.2, -0.15) is 0 Å². The number of ether oxygens (including phenoxy) is 8. The van der Waals surface area contributed by atoms with Gasteiger partial charge in [0.15, 0.2) is 29.5 Å². The van der Waals surface area contributed by atoms with Crippen LogP contribution < -0.4 is 0 Å². The smallest absolute Gasteiger partial charge is 0.341 e. The molecule has 6 rings (SSSR count). The van der Waals surface area contributed by atoms with Gasteiger partial charge in [0.2, 0.25) is 0 Å². The zero-order valence-electron chi connectivity index (χ0n) is 33.2. The molecule has 4 heterocycles. The van der Waals surface area contributed by atoms with Crippen LogP contribution >= 0.6 is 0 Å². The topological polar surface area (TPSA) is 280 Å². The predicted octanol–water partition coefficient (Wildman–Crippen LogP) is 0.294. The van der Waals surface area contributed by atoms with E-state index in [-0.39, 0.29) is 23.2 Å². The van der Waals surface area contributed by atoms with E-state index in [2.05, 4.69) is 4.98 Å². The molecule has 3 N–H and O–H groups in total. The molecule has 12 atom stereocenters. The van der Waals surface area contributed by atoms with Crippen molar-refractivity contribution in [3.8, 4) is 0 Å². The minimum absolute atomic E-state index is 0.0848. The summed E-state index contributed by atoms with van der Waals surface area (Å²) in [6.07, 6.45) is -10.1. The summed E-state index contributed by atoms with van der Waals surface area (Å²) in [7, 11) is 0. The number of hydrogen-bond donors (Lipinski definition) is 3. The van der Waals surface area contributed by atoms with Crippen LogP contribution in [0.1, 0.15) is 81.3 Å². The van der Waals surface area contributed by atoms with E-state index in [9.17, 15) is 48.9 Å². The molecular formula is C39H45NO19. The highest BCUT2D eigenvalue weighted by Gasteiger charge is 2.91. The molecule has 0 radical (unpaired) electrons. The van der Waals surface area contributed by atoms with Crippen molar-refractivity contribution in [3.63, 3.8) is 0 Å². The number of fused-ring (bicyclic) bond motifs is 5. The maximum absolute atomic E-state index is 14.3. The van der Waals surface area contributed by atoms with Crippen molar-refractivity contribution < 1.29 is 91.2 Å². The first-order chi connectivity index (χ1) is 27.5. The van der Waals surface area contributed by atoms with E-state index >= 15 is 0 Å². The molecule has 1 spiro atoms. The van der Waals surface area contributed by atoms with Gasteiger partial charge in [0, 0.05) is 33.9 Å². The average Bonchev–Trinajstić information content (AvgIpc) is 3.76. The Balaban J connectivity index is 1.74. The zero-order valence-corrected chi connectivity index (χ0v) is 33.2. The van der Waals surface area contributed by atoms with Crippen molar-refractivity contribution in [2.24, 2.45) is 11.3 Å². The van der Waals surface area contributed by atoms with Gasteiger partial charge in [0.05, 0.1) is 29.0 Å². The van der Waals surface area contributed by atoms with E-state index in [1.807, 2.05) is 0 Å². The summed E-state index contributed by atoms with van der Waals surface area (Å²) in [5, 5.41) is 37.9. The molecule has 2 aromatic rings. The molecule has 3 fully saturated rings. The quantitative estimate of drug-likeness (QED) is 0.250. The summed E-state index contributed by atoms with van der Waals surface area (Å²) in [5.41, 5.74) is -13.3. The first-order valence-corrected chi connectivity index (χ1v) is 18.6. The Morgan fingerprint density at radius 1 is 0.881 bits per heavy atom. The number of aryl methyl sites for hydroxylation is 1. The number of esters is 7. The number of cyclic esters (lactones) is 1. The lowest BCUT2D eigenvalue weighted by atomic mass is 9.45. The Morgan fingerprint density at radius 2 is 1.54 bits per heavy atom. The fraction of sp³-hybridized carbons (Fsp3) is 0.590. The third-order valence-electron chi connectivity index (χ3n) is 11.6. The molecule has 59 heavy (non-hydrogen) atoms. The number of hydrogen-bond acceptors (Lipinski definition) is 20. The van der Waals surface area contributed by atoms with Crippen molar-refractivity contribution >= 4 is 41.8 Å². The minimum Gasteiger partial charge on any atom is -0.472 e. The van der Waals surface area contributed by atoms with Gasteiger partial charge < -0.3 is 57.6 Å². The summed E-state index contributed by atoms with van der Waals surface area (Å²) < 4.78 is 52.9. The maximum Gasteiger partial charge on any atom is 0.341 e. The predicted molar refractivity (Wildman–Crippen MR) is 189 cm³/mol. The van der Waals surface area contributed by atoms with Crippen molar-refractivity contribution in [1.82, 2.24) is 4.98 Å². The average molecular weight is 832 g/mol. The maximum atomic E-state index is 14.3. The third-order valence-corrected chi connectivity index (χ3v) is 11.6. The van der Waals surface area contributed by atoms with Gasteiger partial charge in [-0.05, 0) is 51.8 Å². The highest BCUT2D eigenvalue weighted by atomic mass is 16.7. The van der Waals surface area contributed by atoms with Gasteiger partial charge >= 0.3 is 41.8 Å². The molecule has 2 saturated carbocycles. The Hall–Kier alpha value is -5.44. The molecule has 0 unspecified atom stereocenters. The number of furan rings is 1. The Bertz CT molecular complexity index is 2030. The van der Waals surface area contributed by atoms with E-state index in [1.54, 1.807) is 0 Å². The van der Waals surface area contributed by atoms with Crippen molar-refractivity contribution in [2.75, 3.05) is 13.2 Å². The van der Waals surface area contributed by atoms with Gasteiger partial charge in [-0.1, -0.05) is 0 Å². The summed E-state index contributed by atoms with van der Waals surface area (Å²) in [4.78, 5) is 98.4. The monoisotopic (exact) mass is 831 g/mol. The molecule has 2 aliphatic heterocycles. The fourth-order valence-electron chi connectivity index (χ4n) is 9.21. The Labute approximate surface area is 336 Å². The van der Waals surface area contributed by atoms with Crippen molar-refractivity contribution in [1.29, 1.82) is 0 Å². The highest BCUT2D eigenvalue weighted by molar-refractivity contribution is 5.91. The van der Waals surface area contributed by atoms with Gasteiger partial charge in [0.25, 0.3) is 0 Å². The van der Waals surface area contributed by atoms with Crippen LogP contribution in [0.25, 0.3) is 0 Å². The highest BCUT2D eigenvalue weighted by Crippen LogP contribution is 2.69. The van der Waals surface area contributed by atoms with Crippen molar-refractivity contribution in [2.45, 2.75) is 120 Å². The Morgan fingerprint density at radius 3 is 2.15 bits per heavy atom. The van der Waals surface area contributed by atoms with Crippen LogP contribution in [0.3, 0.4) is 0 Å². The summed E-state index contributed by atoms with van der Waals surface area (Å²) in [6, 6.07) is 4.01. The van der Waals surface area contributed by atoms with Gasteiger partial charge in [-0.25, -0.2) is 14.4 Å². The molecule has 20 heteroatoms. The van der Waals surface area contributed by atoms with Crippen LogP contribution in [0.4, 0.5) is 0 Å². The van der Waals surface area contributed by atoms with E-state index < -0.39 is 132 Å². The summed E-state index contributed by atoms with van der Waals surface area (Å²) in [5.74, 6) is -9.42. The van der Waals surface area contributed by atoms with Crippen LogP contribution in [-0.4, -0.2) is 134 Å². The molecule has 2 aromatic heterocycles. The van der Waals surface area contributed by atoms with Crippen LogP contribution in [0.15, 0.2) is 41.3 Å². The second-order valence-corrected chi connectivity index (χ2v) is 15.8. The zero-order chi connectivity index (χ0) is 43.5. The first kappa shape index (κ1) is 43.1. The second-order valence-electron chi connectivity index (χ2n) is 15.8. The minimum atomic E-state index is -2.95. The number of pyridine rings is 1. The molecule has 1 saturated heterocycles. The molecule has 0 amide bonds. The standard InChI is InChI=1S/C39H45NO19/c1-18(41)52-17-38-28(45)26(54-19(2)42)25-29(55-20(3)43)39(38)37(7,50)30(27(31(38)56-21(4)44)57-32(46)22-11-14-51-15-22)58-34(48)35(5,49)12-10-24-23(9-8-13-40-24)33(47)53-16-36(25,6)59-39/h8-9,11,13-15,25-31,45,49-50H,10,12,16-17H2,1-7H3/t25-,26-,27-,28-,29+,30+,31+,35+,36-,37-,38-,39+/m0/s1. The van der Waals surface area contributed by atoms with Crippen LogP contribution in [0.5, 0.6) is 0 Å². The van der Waals surface area contributed by atoms with E-state index in [1.165, 1.54) is 31.3 Å². The number of carbonyl (C=O) groups is 7. The van der Waals surface area contributed by atoms with E-state index in [0.29, 0.717) is 0 Å². The second kappa shape index (κ2) is 15.3. The van der Waals surface area contributed by atoms with Gasteiger partial charge in [-0.3, -0.25) is 24.2 Å². The number of rotatable bonds is 7. The molecule has 4 aliphatic rings. The van der Waals surface area contributed by atoms with E-state index in [0.717, 1.165) is 54.1 Å². The molecular weight excluding hydrogens is 786 g/mol. The summed E-state index contributed by atoms with van der Waals surface area (Å²) in [6.45, 7) is 5.37. The molecule has 4 bridgehead atoms. The third kappa shape index (κ3) is 7.00. The largest absolute Gasteiger partial charge is 0.472 e. The van der Waals surface area contributed by atoms with Crippen molar-refractivity contribution in [3.05, 3.63) is 53.7 Å². The lowest BCUT2D eigenvalue weighted by molar-refractivity contribution is -0.386. The van der Waals surface area contributed by atoms with E-state index in [4.69, 9.17) is 42.3 Å². The molecule has 320 valence electrons. The number of aliphatic hydroxyl groups is 3. The van der Waals surface area contributed by atoms with Gasteiger partial charge in [0.1, 0.15) is 54.4 Å². The number of aromatic nitrogens is 1. The fourth-order valence-corrected chi connectivity index (χ4v) is 9.21. The lowest BCUT2D eigenvalue weighted by Crippen LogP contribution is -2.89. The van der Waals surface area contributed by atoms with Crippen LogP contribution in [-0.2, 0) is 68.3 Å². The lowest BCUT2D eigenvalue weighted by Gasteiger charge is -2.67. The summed E-state index contributed by atoms with van der Waals surface area (Å²) >= 11 is 0.